The molecule has 0 amide bonds. The Morgan fingerprint density at radius 3 is 2.84 bits per heavy atom. The first-order valence-corrected chi connectivity index (χ1v) is 6.33. The summed E-state index contributed by atoms with van der Waals surface area (Å²) in [4.78, 5) is 16.3. The molecule has 0 spiro atoms. The first kappa shape index (κ1) is 13.5. The van der Waals surface area contributed by atoms with Crippen molar-refractivity contribution in [3.63, 3.8) is 0 Å². The van der Waals surface area contributed by atoms with Gasteiger partial charge in [0.25, 0.3) is 0 Å². The SMILES string of the molecule is CC(C)n1ncnc1CC(=O)c1ccc(N)c(Cl)c1. The molecule has 2 aromatic rings. The first-order valence-electron chi connectivity index (χ1n) is 5.95. The Morgan fingerprint density at radius 2 is 2.21 bits per heavy atom. The quantitative estimate of drug-likeness (QED) is 0.689. The molecule has 0 unspecified atom stereocenters. The number of aromatic nitrogens is 3. The maximum atomic E-state index is 12.2. The van der Waals surface area contributed by atoms with Crippen molar-refractivity contribution in [2.45, 2.75) is 26.3 Å². The molecule has 0 saturated heterocycles. The number of nitrogens with zero attached hydrogens (tertiary/aromatic N) is 3. The van der Waals surface area contributed by atoms with Gasteiger partial charge in [-0.1, -0.05) is 11.6 Å². The maximum Gasteiger partial charge on any atom is 0.170 e. The summed E-state index contributed by atoms with van der Waals surface area (Å²) in [5.74, 6) is 0.588. The minimum absolute atomic E-state index is 0.0585. The summed E-state index contributed by atoms with van der Waals surface area (Å²) < 4.78 is 1.73. The molecule has 2 rings (SSSR count). The van der Waals surface area contributed by atoms with Crippen molar-refractivity contribution < 1.29 is 4.79 Å². The summed E-state index contributed by atoms with van der Waals surface area (Å²) in [6, 6.07) is 5.04. The molecule has 0 atom stereocenters. The first-order chi connectivity index (χ1) is 8.99. The summed E-state index contributed by atoms with van der Waals surface area (Å²) in [6.45, 7) is 3.98. The summed E-state index contributed by atoms with van der Waals surface area (Å²) in [7, 11) is 0. The van der Waals surface area contributed by atoms with Crippen LogP contribution in [-0.4, -0.2) is 20.5 Å². The number of hydrogen-bond acceptors (Lipinski definition) is 4. The fraction of sp³-hybridized carbons (Fsp3) is 0.308. The third-order valence-electron chi connectivity index (χ3n) is 2.78. The van der Waals surface area contributed by atoms with E-state index in [1.807, 2.05) is 13.8 Å². The van der Waals surface area contributed by atoms with E-state index in [-0.39, 0.29) is 18.2 Å². The van der Waals surface area contributed by atoms with Crippen LogP contribution in [0.3, 0.4) is 0 Å². The molecule has 1 heterocycles. The molecule has 2 N–H and O–H groups in total. The van der Waals surface area contributed by atoms with Crippen molar-refractivity contribution in [2.24, 2.45) is 0 Å². The molecule has 0 radical (unpaired) electrons. The van der Waals surface area contributed by atoms with Gasteiger partial charge in [0.15, 0.2) is 5.78 Å². The Hall–Kier alpha value is -1.88. The maximum absolute atomic E-state index is 12.2. The van der Waals surface area contributed by atoms with Gasteiger partial charge in [0.1, 0.15) is 12.2 Å². The van der Waals surface area contributed by atoms with E-state index in [0.29, 0.717) is 22.1 Å². The van der Waals surface area contributed by atoms with Gasteiger partial charge in [0, 0.05) is 11.6 Å². The van der Waals surface area contributed by atoms with Crippen LogP contribution in [0.2, 0.25) is 5.02 Å². The normalized spacial score (nSPS) is 10.9. The average molecular weight is 279 g/mol. The fourth-order valence-electron chi connectivity index (χ4n) is 1.78. The minimum atomic E-state index is -0.0585. The van der Waals surface area contributed by atoms with Crippen LogP contribution in [0.25, 0.3) is 0 Å². The van der Waals surface area contributed by atoms with Crippen molar-refractivity contribution >= 4 is 23.1 Å². The number of Topliss-reactive ketones (excluding diaryl/α,β-unsaturated/α-hetero) is 1. The number of carbonyl (C=O) groups is 1. The third-order valence-corrected chi connectivity index (χ3v) is 3.10. The van der Waals surface area contributed by atoms with Gasteiger partial charge in [-0.3, -0.25) is 4.79 Å². The summed E-state index contributed by atoms with van der Waals surface area (Å²) in [5, 5.41) is 4.49. The summed E-state index contributed by atoms with van der Waals surface area (Å²) in [6.07, 6.45) is 1.65. The van der Waals surface area contributed by atoms with Crippen LogP contribution in [0.5, 0.6) is 0 Å². The zero-order chi connectivity index (χ0) is 14.0. The highest BCUT2D eigenvalue weighted by Crippen LogP contribution is 2.20. The highest BCUT2D eigenvalue weighted by atomic mass is 35.5. The van der Waals surface area contributed by atoms with E-state index >= 15 is 0 Å². The highest BCUT2D eigenvalue weighted by Gasteiger charge is 2.14. The van der Waals surface area contributed by atoms with E-state index in [1.165, 1.54) is 6.33 Å². The van der Waals surface area contributed by atoms with Crippen LogP contribution in [0.15, 0.2) is 24.5 Å². The fourth-order valence-corrected chi connectivity index (χ4v) is 1.96. The van der Waals surface area contributed by atoms with Crippen LogP contribution >= 0.6 is 11.6 Å². The number of anilines is 1. The van der Waals surface area contributed by atoms with Crippen LogP contribution < -0.4 is 5.73 Å². The largest absolute Gasteiger partial charge is 0.398 e. The molecule has 0 fully saturated rings. The molecule has 0 aliphatic rings. The van der Waals surface area contributed by atoms with Crippen LogP contribution in [0.1, 0.15) is 36.1 Å². The van der Waals surface area contributed by atoms with Crippen LogP contribution in [0.4, 0.5) is 5.69 Å². The number of carbonyl (C=O) groups excluding carboxylic acids is 1. The lowest BCUT2D eigenvalue weighted by Crippen LogP contribution is -2.13. The Labute approximate surface area is 116 Å². The molecule has 100 valence electrons. The van der Waals surface area contributed by atoms with Gasteiger partial charge in [-0.15, -0.1) is 0 Å². The lowest BCUT2D eigenvalue weighted by atomic mass is 10.1. The Morgan fingerprint density at radius 1 is 1.47 bits per heavy atom. The second-order valence-corrected chi connectivity index (χ2v) is 4.96. The van der Waals surface area contributed by atoms with Crippen molar-refractivity contribution in [2.75, 3.05) is 5.73 Å². The number of nitrogen functional groups attached to an aromatic ring is 1. The third kappa shape index (κ3) is 2.93. The highest BCUT2D eigenvalue weighted by molar-refractivity contribution is 6.33. The van der Waals surface area contributed by atoms with Crippen molar-refractivity contribution in [3.8, 4) is 0 Å². The summed E-state index contributed by atoms with van der Waals surface area (Å²) >= 11 is 5.91. The average Bonchev–Trinajstić information content (AvgIpc) is 2.80. The lowest BCUT2D eigenvalue weighted by molar-refractivity contribution is 0.0989. The number of benzene rings is 1. The zero-order valence-electron chi connectivity index (χ0n) is 10.8. The van der Waals surface area contributed by atoms with Gasteiger partial charge in [0.2, 0.25) is 0 Å². The minimum Gasteiger partial charge on any atom is -0.398 e. The van der Waals surface area contributed by atoms with Crippen LogP contribution in [-0.2, 0) is 6.42 Å². The number of hydrogen-bond donors (Lipinski definition) is 1. The predicted molar refractivity (Wildman–Crippen MR) is 74.3 cm³/mol. The second-order valence-electron chi connectivity index (χ2n) is 4.55. The Bertz CT molecular complexity index is 606. The van der Waals surface area contributed by atoms with E-state index < -0.39 is 0 Å². The molecule has 0 saturated carbocycles. The number of ketones is 1. The van der Waals surface area contributed by atoms with Crippen molar-refractivity contribution in [1.29, 1.82) is 0 Å². The predicted octanol–water partition coefficient (Wildman–Crippen LogP) is 2.52. The molecule has 1 aromatic heterocycles. The molecule has 5 nitrogen and oxygen atoms in total. The molecule has 1 aromatic carbocycles. The Balaban J connectivity index is 2.21. The monoisotopic (exact) mass is 278 g/mol. The summed E-state index contributed by atoms with van der Waals surface area (Å²) in [5.41, 5.74) is 6.61. The molecule has 0 aliphatic carbocycles. The van der Waals surface area contributed by atoms with Gasteiger partial charge < -0.3 is 5.73 Å². The van der Waals surface area contributed by atoms with Crippen molar-refractivity contribution in [3.05, 3.63) is 40.9 Å². The van der Waals surface area contributed by atoms with E-state index in [1.54, 1.807) is 22.9 Å². The second kappa shape index (κ2) is 5.40. The van der Waals surface area contributed by atoms with Crippen molar-refractivity contribution in [1.82, 2.24) is 14.8 Å². The molecule has 19 heavy (non-hydrogen) atoms. The molecule has 6 heteroatoms. The topological polar surface area (TPSA) is 73.8 Å². The van der Waals surface area contributed by atoms with Gasteiger partial charge in [-0.2, -0.15) is 5.10 Å². The smallest absolute Gasteiger partial charge is 0.170 e. The van der Waals surface area contributed by atoms with Gasteiger partial charge in [-0.05, 0) is 32.0 Å². The van der Waals surface area contributed by atoms with Crippen LogP contribution in [0, 0.1) is 0 Å². The van der Waals surface area contributed by atoms with Gasteiger partial charge in [-0.25, -0.2) is 9.67 Å². The standard InChI is InChI=1S/C13H15ClN4O/c1-8(2)18-13(16-7-17-18)6-12(19)9-3-4-11(15)10(14)5-9/h3-5,7-8H,6,15H2,1-2H3. The number of rotatable bonds is 4. The van der Waals surface area contributed by atoms with E-state index in [2.05, 4.69) is 10.1 Å². The molecular weight excluding hydrogens is 264 g/mol. The molecule has 0 aliphatic heterocycles. The van der Waals surface area contributed by atoms with Gasteiger partial charge in [0.05, 0.1) is 17.1 Å². The number of nitrogens with two attached hydrogens (primary N) is 1. The lowest BCUT2D eigenvalue weighted by Gasteiger charge is -2.09. The van der Waals surface area contributed by atoms with E-state index in [0.717, 1.165) is 0 Å². The van der Waals surface area contributed by atoms with Gasteiger partial charge >= 0.3 is 0 Å². The molecule has 0 bridgehead atoms. The zero-order valence-corrected chi connectivity index (χ0v) is 11.6. The van der Waals surface area contributed by atoms with E-state index in [4.69, 9.17) is 17.3 Å². The molecular formula is C13H15ClN4O. The van der Waals surface area contributed by atoms with E-state index in [9.17, 15) is 4.79 Å². The number of halogens is 1. The Kier molecular flexibility index (Phi) is 3.85.